The van der Waals surface area contributed by atoms with Crippen LogP contribution in [0, 0.1) is 11.7 Å². The molecule has 2 saturated heterocycles. The summed E-state index contributed by atoms with van der Waals surface area (Å²) in [6, 6.07) is 10.4. The summed E-state index contributed by atoms with van der Waals surface area (Å²) in [6.45, 7) is 3.23. The van der Waals surface area contributed by atoms with E-state index in [0.29, 0.717) is 30.8 Å². The van der Waals surface area contributed by atoms with E-state index in [9.17, 15) is 19.4 Å². The van der Waals surface area contributed by atoms with Crippen molar-refractivity contribution in [2.75, 3.05) is 26.4 Å². The molecule has 0 spiro atoms. The van der Waals surface area contributed by atoms with Crippen molar-refractivity contribution in [3.63, 3.8) is 0 Å². The second kappa shape index (κ2) is 10.4. The summed E-state index contributed by atoms with van der Waals surface area (Å²) in [5.74, 6) is -0.537. The van der Waals surface area contributed by atoms with Gasteiger partial charge in [-0.15, -0.1) is 0 Å². The molecule has 3 atom stereocenters. The van der Waals surface area contributed by atoms with Gasteiger partial charge in [0.05, 0.1) is 12.2 Å². The van der Waals surface area contributed by atoms with E-state index in [1.54, 1.807) is 6.07 Å². The number of hydrogen-bond acceptors (Lipinski definition) is 6. The maximum atomic E-state index is 13.8. The van der Waals surface area contributed by atoms with E-state index in [1.165, 1.54) is 12.1 Å². The van der Waals surface area contributed by atoms with Crippen LogP contribution < -0.4 is 4.74 Å². The number of aliphatic hydroxyl groups excluding tert-OH is 1. The Morgan fingerprint density at radius 2 is 1.89 bits per heavy atom. The van der Waals surface area contributed by atoms with Gasteiger partial charge in [-0.05, 0) is 99.3 Å². The summed E-state index contributed by atoms with van der Waals surface area (Å²) in [7, 11) is 0. The normalized spacial score (nSPS) is 27.9. The highest BCUT2D eigenvalue weighted by Gasteiger charge is 2.55. The first-order valence-corrected chi connectivity index (χ1v) is 14.0. The van der Waals surface area contributed by atoms with E-state index in [1.807, 2.05) is 23.1 Å². The molecule has 1 aliphatic carbocycles. The third-order valence-electron chi connectivity index (χ3n) is 8.98. The minimum atomic E-state index is -1.23. The molecule has 7 nitrogen and oxygen atoms in total. The smallest absolute Gasteiger partial charge is 0.338 e. The number of halogens is 2. The first-order chi connectivity index (χ1) is 18.3. The Balaban J connectivity index is 1.07. The molecule has 1 unspecified atom stereocenters. The van der Waals surface area contributed by atoms with Crippen LogP contribution in [-0.4, -0.2) is 70.3 Å². The van der Waals surface area contributed by atoms with Crippen LogP contribution in [-0.2, 0) is 11.3 Å². The zero-order chi connectivity index (χ0) is 26.4. The third kappa shape index (κ3) is 4.93. The van der Waals surface area contributed by atoms with Gasteiger partial charge in [-0.3, -0.25) is 4.90 Å². The van der Waals surface area contributed by atoms with Gasteiger partial charge in [-0.25, -0.2) is 14.1 Å². The fourth-order valence-electron chi connectivity index (χ4n) is 6.65. The average Bonchev–Trinajstić information content (AvgIpc) is 3.79. The van der Waals surface area contributed by atoms with Crippen LogP contribution >= 0.6 is 11.6 Å². The molecular weight excluding hydrogens is 511 g/mol. The fraction of sp³-hybridized carbons (Fsp3) is 0.552. The molecule has 3 fully saturated rings. The number of carboxylic acid groups (broad SMARTS) is 1. The predicted octanol–water partition coefficient (Wildman–Crippen LogP) is 4.86. The maximum absolute atomic E-state index is 13.8. The highest BCUT2D eigenvalue weighted by molar-refractivity contribution is 6.30. The van der Waals surface area contributed by atoms with E-state index in [-0.39, 0.29) is 17.5 Å². The SMILES string of the molecule is O=C(O)c1cc(C2CCN([C@@H]3CC[C@](C4CC4)(C(O)N4COc5ccc(Cl)cc5C4)OC3)CC2)ccc1F. The number of piperidine rings is 1. The molecule has 1 saturated carbocycles. The molecule has 0 aromatic heterocycles. The summed E-state index contributed by atoms with van der Waals surface area (Å²) in [6.07, 6.45) is 4.92. The lowest BCUT2D eigenvalue weighted by Gasteiger charge is -2.50. The highest BCUT2D eigenvalue weighted by Crippen LogP contribution is 2.50. The number of benzene rings is 2. The van der Waals surface area contributed by atoms with Gasteiger partial charge in [0.1, 0.15) is 30.1 Å². The quantitative estimate of drug-likeness (QED) is 0.537. The molecule has 4 aliphatic rings. The Morgan fingerprint density at radius 3 is 2.58 bits per heavy atom. The molecule has 2 N–H and O–H groups in total. The Morgan fingerprint density at radius 1 is 1.11 bits per heavy atom. The van der Waals surface area contributed by atoms with Crippen molar-refractivity contribution >= 4 is 17.6 Å². The summed E-state index contributed by atoms with van der Waals surface area (Å²) in [5.41, 5.74) is 1.02. The van der Waals surface area contributed by atoms with Gasteiger partial charge in [-0.2, -0.15) is 0 Å². The van der Waals surface area contributed by atoms with E-state index in [4.69, 9.17) is 21.1 Å². The fourth-order valence-corrected chi connectivity index (χ4v) is 6.84. The number of ether oxygens (including phenoxy) is 2. The van der Waals surface area contributed by atoms with Crippen LogP contribution in [0.2, 0.25) is 5.02 Å². The van der Waals surface area contributed by atoms with Crippen LogP contribution in [0.25, 0.3) is 0 Å². The number of carboxylic acids is 1. The molecular formula is C29H34ClFN2O5. The summed E-state index contributed by atoms with van der Waals surface area (Å²) < 4.78 is 26.4. The number of likely N-dealkylation sites (tertiary alicyclic amines) is 1. The number of nitrogens with zero attached hydrogens (tertiary/aromatic N) is 2. The van der Waals surface area contributed by atoms with E-state index in [2.05, 4.69) is 4.90 Å². The van der Waals surface area contributed by atoms with E-state index in [0.717, 1.165) is 68.5 Å². The lowest BCUT2D eigenvalue weighted by atomic mass is 9.83. The Bertz CT molecular complexity index is 1190. The number of hydrogen-bond donors (Lipinski definition) is 2. The number of carbonyl (C=O) groups is 1. The topological polar surface area (TPSA) is 82.5 Å². The maximum Gasteiger partial charge on any atom is 0.338 e. The minimum Gasteiger partial charge on any atom is -0.478 e. The van der Waals surface area contributed by atoms with Crippen molar-refractivity contribution in [1.29, 1.82) is 0 Å². The monoisotopic (exact) mass is 544 g/mol. The molecule has 0 amide bonds. The molecule has 0 bridgehead atoms. The van der Waals surface area contributed by atoms with Gasteiger partial charge in [0.15, 0.2) is 0 Å². The minimum absolute atomic E-state index is 0.220. The van der Waals surface area contributed by atoms with Gasteiger partial charge in [0.2, 0.25) is 0 Å². The van der Waals surface area contributed by atoms with Gasteiger partial charge >= 0.3 is 5.97 Å². The third-order valence-corrected chi connectivity index (χ3v) is 9.22. The van der Waals surface area contributed by atoms with Crippen molar-refractivity contribution in [2.24, 2.45) is 5.92 Å². The van der Waals surface area contributed by atoms with Crippen LogP contribution in [0.1, 0.15) is 65.9 Å². The Labute approximate surface area is 227 Å². The highest BCUT2D eigenvalue weighted by atomic mass is 35.5. The molecule has 38 heavy (non-hydrogen) atoms. The van der Waals surface area contributed by atoms with Crippen molar-refractivity contribution in [2.45, 2.75) is 68.9 Å². The van der Waals surface area contributed by atoms with Gasteiger partial charge in [0, 0.05) is 23.2 Å². The molecule has 3 aliphatic heterocycles. The Hall–Kier alpha value is -2.23. The second-order valence-electron chi connectivity index (χ2n) is 11.2. The van der Waals surface area contributed by atoms with Gasteiger partial charge < -0.3 is 19.7 Å². The number of fused-ring (bicyclic) bond motifs is 1. The summed E-state index contributed by atoms with van der Waals surface area (Å²) in [4.78, 5) is 15.8. The lowest BCUT2D eigenvalue weighted by molar-refractivity contribution is -0.231. The zero-order valence-electron chi connectivity index (χ0n) is 21.3. The molecule has 2 aromatic rings. The van der Waals surface area contributed by atoms with Crippen molar-refractivity contribution in [3.05, 3.63) is 63.9 Å². The molecule has 6 rings (SSSR count). The van der Waals surface area contributed by atoms with Gasteiger partial charge in [-0.1, -0.05) is 17.7 Å². The van der Waals surface area contributed by atoms with Crippen molar-refractivity contribution < 1.29 is 28.9 Å². The number of aromatic carboxylic acids is 1. The van der Waals surface area contributed by atoms with Crippen LogP contribution in [0.4, 0.5) is 4.39 Å². The molecule has 9 heteroatoms. The molecule has 0 radical (unpaired) electrons. The Kier molecular flexibility index (Phi) is 7.12. The van der Waals surface area contributed by atoms with Crippen LogP contribution in [0.5, 0.6) is 5.75 Å². The number of aliphatic hydroxyl groups is 1. The summed E-state index contributed by atoms with van der Waals surface area (Å²) in [5, 5.41) is 21.5. The van der Waals surface area contributed by atoms with E-state index < -0.39 is 23.6 Å². The predicted molar refractivity (Wildman–Crippen MR) is 140 cm³/mol. The standard InChI is InChI=1S/C29H34ClFN2O5/c30-22-4-6-26-20(13-22)15-33(17-37-26)28(36)29(21-2-3-21)10-7-23(16-38-29)32-11-8-18(9-12-32)19-1-5-25(31)24(14-19)27(34)35/h1,4-6,13-14,18,21,23,28,36H,2-3,7-12,15-17H2,(H,34,35)/t23-,28?,29+/m1/s1. The first kappa shape index (κ1) is 26.0. The van der Waals surface area contributed by atoms with Crippen molar-refractivity contribution in [1.82, 2.24) is 9.80 Å². The largest absolute Gasteiger partial charge is 0.478 e. The summed E-state index contributed by atoms with van der Waals surface area (Å²) >= 11 is 6.20. The average molecular weight is 545 g/mol. The van der Waals surface area contributed by atoms with Gasteiger partial charge in [0.25, 0.3) is 0 Å². The van der Waals surface area contributed by atoms with Crippen molar-refractivity contribution in [3.8, 4) is 5.75 Å². The molecule has 3 heterocycles. The van der Waals surface area contributed by atoms with Crippen LogP contribution in [0.3, 0.4) is 0 Å². The molecule has 2 aromatic carbocycles. The van der Waals surface area contributed by atoms with Crippen LogP contribution in [0.15, 0.2) is 36.4 Å². The first-order valence-electron chi connectivity index (χ1n) is 13.6. The number of rotatable bonds is 6. The van der Waals surface area contributed by atoms with E-state index >= 15 is 0 Å². The zero-order valence-corrected chi connectivity index (χ0v) is 22.1. The lowest BCUT2D eigenvalue weighted by Crippen LogP contribution is -2.61. The second-order valence-corrected chi connectivity index (χ2v) is 11.7. The molecule has 204 valence electrons.